The number of hydrogen-bond donors (Lipinski definition) is 0. The van der Waals surface area contributed by atoms with E-state index in [-0.39, 0.29) is 0 Å². The Kier molecular flexibility index (Phi) is 8.54. The monoisotopic (exact) mass is 816 g/mol. The van der Waals surface area contributed by atoms with Crippen molar-refractivity contribution < 1.29 is 0 Å². The molecule has 280 valence electrons. The van der Waals surface area contributed by atoms with Crippen molar-refractivity contribution in [2.45, 2.75) is 6.55 Å². The molecule has 0 unspecified atom stereocenters. The number of fused-ring (bicyclic) bond motifs is 6. The Morgan fingerprint density at radius 1 is 0.203 bits per heavy atom. The van der Waals surface area contributed by atoms with Gasteiger partial charge in [0.2, 0.25) is 0 Å². The van der Waals surface area contributed by atoms with Crippen LogP contribution in [0.5, 0.6) is 0 Å². The zero-order chi connectivity index (χ0) is 39.5. The van der Waals surface area contributed by atoms with E-state index in [4.69, 9.17) is 0 Å². The van der Waals surface area contributed by atoms with Crippen molar-refractivity contribution in [2.24, 2.45) is 0 Å². The SMILES string of the molecule is C[Si]1(c2ccccc2)[Si](c2ccccc2)(c2ccccc2)[Si](c2ccccc2)(c2ccc3c4ccccc4c4ccccc4c3c2)[Si]1(c1ccccc1)c1ccccc1. The Hall–Kier alpha value is -6.15. The average Bonchev–Trinajstić information content (AvgIpc) is 3.32. The second kappa shape index (κ2) is 14.0. The molecule has 59 heavy (non-hydrogen) atoms. The average molecular weight is 817 g/mol. The first-order valence-corrected chi connectivity index (χ1v) is 33.4. The molecule has 1 heterocycles. The first kappa shape index (κ1) is 36.0. The quantitative estimate of drug-likeness (QED) is 0.112. The zero-order valence-electron chi connectivity index (χ0n) is 33.2. The molecule has 11 rings (SSSR count). The van der Waals surface area contributed by atoms with Gasteiger partial charge in [-0.15, -0.1) is 0 Å². The van der Waals surface area contributed by atoms with Crippen LogP contribution in [0.1, 0.15) is 0 Å². The van der Waals surface area contributed by atoms with Gasteiger partial charge in [0.05, 0.1) is 7.11 Å². The van der Waals surface area contributed by atoms with E-state index in [1.54, 1.807) is 36.3 Å². The molecule has 1 aliphatic rings. The lowest BCUT2D eigenvalue weighted by Crippen LogP contribution is -3.23. The maximum atomic E-state index is 2.87. The summed E-state index contributed by atoms with van der Waals surface area (Å²) in [6.07, 6.45) is 0. The minimum absolute atomic E-state index is 1.32. The topological polar surface area (TPSA) is 0 Å². The smallest absolute Gasteiger partial charge is 0.0682 e. The van der Waals surface area contributed by atoms with E-state index in [1.165, 1.54) is 32.3 Å². The van der Waals surface area contributed by atoms with Gasteiger partial charge in [-0.2, -0.15) is 0 Å². The van der Waals surface area contributed by atoms with Crippen molar-refractivity contribution in [3.05, 3.63) is 249 Å². The molecule has 0 aliphatic carbocycles. The summed E-state index contributed by atoms with van der Waals surface area (Å²) in [6, 6.07) is 98.1. The van der Waals surface area contributed by atoms with Gasteiger partial charge in [0.1, 0.15) is 21.3 Å². The molecule has 0 amide bonds. The van der Waals surface area contributed by atoms with E-state index in [0.717, 1.165) is 0 Å². The number of rotatable bonds is 7. The molecule has 1 aliphatic heterocycles. The van der Waals surface area contributed by atoms with Crippen molar-refractivity contribution in [3.8, 4) is 0 Å². The molecule has 0 atom stereocenters. The minimum Gasteiger partial charge on any atom is -0.0682 e. The summed E-state index contributed by atoms with van der Waals surface area (Å²) < 4.78 is 0. The van der Waals surface area contributed by atoms with E-state index < -0.39 is 28.4 Å². The molecule has 10 aromatic carbocycles. The van der Waals surface area contributed by atoms with E-state index in [2.05, 4.69) is 255 Å². The summed E-state index contributed by atoms with van der Waals surface area (Å²) in [5.74, 6) is 0. The summed E-state index contributed by atoms with van der Waals surface area (Å²) in [7, 11) is -11.6. The summed E-state index contributed by atoms with van der Waals surface area (Å²) in [6.45, 7) is 2.87. The lowest BCUT2D eigenvalue weighted by atomic mass is 9.94. The summed E-state index contributed by atoms with van der Waals surface area (Å²) in [5, 5.41) is 19.1. The van der Waals surface area contributed by atoms with Crippen LogP contribution in [0.2, 0.25) is 6.55 Å². The first-order chi connectivity index (χ1) is 29.2. The Morgan fingerprint density at radius 3 is 0.797 bits per heavy atom. The second-order valence-electron chi connectivity index (χ2n) is 16.4. The van der Waals surface area contributed by atoms with E-state index in [0.29, 0.717) is 0 Å². The van der Waals surface area contributed by atoms with Crippen molar-refractivity contribution >= 4 is 97.1 Å². The van der Waals surface area contributed by atoms with Gasteiger partial charge in [0.15, 0.2) is 0 Å². The molecule has 1 fully saturated rings. The third kappa shape index (κ3) is 4.63. The third-order valence-corrected chi connectivity index (χ3v) is 94.2. The molecule has 0 bridgehead atoms. The first-order valence-electron chi connectivity index (χ1n) is 20.9. The molecule has 0 N–H and O–H groups in total. The molecule has 0 aromatic heterocycles. The van der Waals surface area contributed by atoms with Gasteiger partial charge in [0, 0.05) is 0 Å². The molecule has 4 heteroatoms. The highest BCUT2D eigenvalue weighted by atomic mass is 30.2. The molecule has 1 saturated heterocycles. The minimum atomic E-state index is -3.07. The Labute approximate surface area is 350 Å². The van der Waals surface area contributed by atoms with Gasteiger partial charge < -0.3 is 0 Å². The van der Waals surface area contributed by atoms with Gasteiger partial charge in [-0.05, 0) is 32.3 Å². The molecule has 0 saturated carbocycles. The summed E-state index contributed by atoms with van der Waals surface area (Å²) in [4.78, 5) is 0. The largest absolute Gasteiger partial charge is 0.120 e. The van der Waals surface area contributed by atoms with E-state index >= 15 is 0 Å². The predicted molar refractivity (Wildman–Crippen MR) is 264 cm³/mol. The number of hydrogen-bond acceptors (Lipinski definition) is 0. The van der Waals surface area contributed by atoms with Crippen molar-refractivity contribution in [2.75, 3.05) is 0 Å². The molecule has 10 aromatic rings. The predicted octanol–water partition coefficient (Wildman–Crippen LogP) is 8.55. The molecular formula is C55H44Si4. The maximum Gasteiger partial charge on any atom is 0.120 e. The highest BCUT2D eigenvalue weighted by Gasteiger charge is 2.92. The van der Waals surface area contributed by atoms with E-state index in [9.17, 15) is 0 Å². The fraction of sp³-hybridized carbons (Fsp3) is 0.0182. The van der Waals surface area contributed by atoms with Crippen LogP contribution < -0.4 is 36.3 Å². The van der Waals surface area contributed by atoms with Gasteiger partial charge in [-0.3, -0.25) is 0 Å². The molecule has 0 spiro atoms. The van der Waals surface area contributed by atoms with Crippen LogP contribution in [0.15, 0.2) is 249 Å². The summed E-state index contributed by atoms with van der Waals surface area (Å²) >= 11 is 0. The summed E-state index contributed by atoms with van der Waals surface area (Å²) in [5.41, 5.74) is 0. The van der Waals surface area contributed by atoms with Crippen LogP contribution in [0.4, 0.5) is 0 Å². The van der Waals surface area contributed by atoms with Crippen molar-refractivity contribution in [1.82, 2.24) is 0 Å². The van der Waals surface area contributed by atoms with Gasteiger partial charge in [-0.25, -0.2) is 0 Å². The molecule has 0 nitrogen and oxygen atoms in total. The van der Waals surface area contributed by atoms with Crippen LogP contribution in [0.3, 0.4) is 0 Å². The number of benzene rings is 10. The zero-order valence-corrected chi connectivity index (χ0v) is 37.2. The normalized spacial score (nSPS) is 19.3. The fourth-order valence-electron chi connectivity index (χ4n) is 12.4. The Bertz CT molecular complexity index is 2900. The van der Waals surface area contributed by atoms with Crippen molar-refractivity contribution in [3.63, 3.8) is 0 Å². The van der Waals surface area contributed by atoms with Gasteiger partial charge in [0.25, 0.3) is 0 Å². The van der Waals surface area contributed by atoms with Crippen LogP contribution in [-0.2, 0) is 0 Å². The second-order valence-corrected chi connectivity index (χ2v) is 52.7. The van der Waals surface area contributed by atoms with Crippen LogP contribution in [0, 0.1) is 0 Å². The highest BCUT2D eigenvalue weighted by Crippen LogP contribution is 2.51. The maximum absolute atomic E-state index is 3.07. The Balaban J connectivity index is 1.46. The van der Waals surface area contributed by atoms with Gasteiger partial charge in [-0.1, -0.05) is 292 Å². The van der Waals surface area contributed by atoms with E-state index in [1.807, 2.05) is 0 Å². The van der Waals surface area contributed by atoms with Crippen LogP contribution >= 0.6 is 0 Å². The molecule has 0 radical (unpaired) electrons. The standard InChI is InChI=1S/C55H44Si4/c1-56(43-24-8-2-9-25-43)57(44-26-10-3-11-27-44,45-28-12-4-13-29-45)59(48-34-18-7-19-35-48,58(56,46-30-14-5-15-31-46)47-32-16-6-17-33-47)49-40-41-54-52-38-21-20-36-50(52)51-37-22-23-39-53(51)55(54)42-49/h2-42H,1H3. The Morgan fingerprint density at radius 2 is 0.458 bits per heavy atom. The molecular weight excluding hydrogens is 773 g/mol. The van der Waals surface area contributed by atoms with Crippen LogP contribution in [-0.4, -0.2) is 28.4 Å². The lowest BCUT2D eigenvalue weighted by Gasteiger charge is -2.78. The fourth-order valence-corrected chi connectivity index (χ4v) is 136. The van der Waals surface area contributed by atoms with Crippen molar-refractivity contribution in [1.29, 1.82) is 0 Å². The highest BCUT2D eigenvalue weighted by molar-refractivity contribution is 8.25. The third-order valence-electron chi connectivity index (χ3n) is 14.2. The lowest BCUT2D eigenvalue weighted by molar-refractivity contribution is 1.67. The van der Waals surface area contributed by atoms with Crippen LogP contribution in [0.25, 0.3) is 32.3 Å². The van der Waals surface area contributed by atoms with Gasteiger partial charge >= 0.3 is 0 Å².